The Morgan fingerprint density at radius 3 is 2.58 bits per heavy atom. The second-order valence-electron chi connectivity index (χ2n) is 6.44. The average Bonchev–Trinajstić information content (AvgIpc) is 2.81. The van der Waals surface area contributed by atoms with E-state index in [2.05, 4.69) is 31.1 Å². The van der Waals surface area contributed by atoms with Crippen molar-refractivity contribution in [2.75, 3.05) is 26.3 Å². The van der Waals surface area contributed by atoms with Gasteiger partial charge in [0.1, 0.15) is 6.10 Å². The molecular formula is C15H27NO2Si. The van der Waals surface area contributed by atoms with Crippen molar-refractivity contribution in [2.24, 2.45) is 0 Å². The van der Waals surface area contributed by atoms with E-state index in [0.717, 1.165) is 45.6 Å². The number of morpholine rings is 1. The maximum Gasteiger partial charge on any atom is 0.184 e. The summed E-state index contributed by atoms with van der Waals surface area (Å²) in [5, 5.41) is 1.60. The third kappa shape index (κ3) is 3.63. The van der Waals surface area contributed by atoms with Gasteiger partial charge < -0.3 is 14.4 Å². The molecule has 0 radical (unpaired) electrons. The van der Waals surface area contributed by atoms with Crippen LogP contribution >= 0.6 is 0 Å². The van der Waals surface area contributed by atoms with Gasteiger partial charge in [0.05, 0.1) is 21.3 Å². The molecule has 1 atom stereocenters. The van der Waals surface area contributed by atoms with Gasteiger partial charge >= 0.3 is 0 Å². The summed E-state index contributed by atoms with van der Waals surface area (Å²) in [6.45, 7) is 14.7. The van der Waals surface area contributed by atoms with Crippen molar-refractivity contribution >= 4 is 8.07 Å². The third-order valence-corrected chi connectivity index (χ3v) is 6.09. The Morgan fingerprint density at radius 2 is 2.00 bits per heavy atom. The van der Waals surface area contributed by atoms with Crippen molar-refractivity contribution in [2.45, 2.75) is 45.0 Å². The predicted molar refractivity (Wildman–Crippen MR) is 81.7 cm³/mol. The number of ether oxygens (including phenoxy) is 2. The molecule has 2 heterocycles. The Bertz CT molecular complexity index is 354. The van der Waals surface area contributed by atoms with E-state index >= 15 is 0 Å². The standard InChI is InChI=1S/C15H27NO2Si/c1-5-6-7-13-12-14(19(2,3)4)15(18-13)16-8-10-17-11-9-16/h5,13H,1,6-12H2,2-4H3/t13-/m1/s1. The van der Waals surface area contributed by atoms with E-state index in [1.807, 2.05) is 6.08 Å². The van der Waals surface area contributed by atoms with Gasteiger partial charge in [-0.05, 0) is 18.0 Å². The summed E-state index contributed by atoms with van der Waals surface area (Å²) in [7, 11) is -1.31. The predicted octanol–water partition coefficient (Wildman–Crippen LogP) is 3.16. The summed E-state index contributed by atoms with van der Waals surface area (Å²) >= 11 is 0. The molecule has 0 aromatic rings. The van der Waals surface area contributed by atoms with E-state index in [0.29, 0.717) is 6.10 Å². The molecule has 3 nitrogen and oxygen atoms in total. The number of rotatable bonds is 5. The van der Waals surface area contributed by atoms with Gasteiger partial charge in [-0.3, -0.25) is 0 Å². The fraction of sp³-hybridized carbons (Fsp3) is 0.733. The molecule has 0 unspecified atom stereocenters. The highest BCUT2D eigenvalue weighted by molar-refractivity contribution is 6.83. The topological polar surface area (TPSA) is 21.7 Å². The Kier molecular flexibility index (Phi) is 4.74. The summed E-state index contributed by atoms with van der Waals surface area (Å²) in [5.74, 6) is 1.19. The molecule has 4 heteroatoms. The van der Waals surface area contributed by atoms with Crippen LogP contribution in [0.3, 0.4) is 0 Å². The van der Waals surface area contributed by atoms with Gasteiger partial charge in [0.2, 0.25) is 0 Å². The van der Waals surface area contributed by atoms with E-state index in [1.165, 1.54) is 5.88 Å². The van der Waals surface area contributed by atoms with Crippen LogP contribution in [0.15, 0.2) is 23.7 Å². The van der Waals surface area contributed by atoms with Crippen LogP contribution < -0.4 is 0 Å². The van der Waals surface area contributed by atoms with Gasteiger partial charge in [-0.2, -0.15) is 0 Å². The summed E-state index contributed by atoms with van der Waals surface area (Å²) < 4.78 is 11.7. The minimum absolute atomic E-state index is 0.359. The summed E-state index contributed by atoms with van der Waals surface area (Å²) in [5.41, 5.74) is 0. The Hall–Kier alpha value is -0.743. The van der Waals surface area contributed by atoms with Crippen molar-refractivity contribution in [3.05, 3.63) is 23.7 Å². The number of allylic oxidation sites excluding steroid dienone is 1. The summed E-state index contributed by atoms with van der Waals surface area (Å²) in [6, 6.07) is 0. The van der Waals surface area contributed by atoms with Gasteiger partial charge in [0.25, 0.3) is 0 Å². The molecule has 2 aliphatic rings. The molecule has 1 fully saturated rings. The first-order valence-electron chi connectivity index (χ1n) is 7.36. The third-order valence-electron chi connectivity index (χ3n) is 3.86. The van der Waals surface area contributed by atoms with Crippen LogP contribution in [0.25, 0.3) is 0 Å². The van der Waals surface area contributed by atoms with E-state index < -0.39 is 8.07 Å². The first-order valence-corrected chi connectivity index (χ1v) is 10.9. The molecule has 0 spiro atoms. The SMILES string of the molecule is C=CCC[C@@H]1CC([Si](C)(C)C)=C(N2CCOCC2)O1. The first-order chi connectivity index (χ1) is 9.02. The Morgan fingerprint density at radius 1 is 1.32 bits per heavy atom. The lowest BCUT2D eigenvalue weighted by atomic mass is 10.1. The van der Waals surface area contributed by atoms with Crippen LogP contribution in [0.1, 0.15) is 19.3 Å². The lowest BCUT2D eigenvalue weighted by Gasteiger charge is -2.31. The smallest absolute Gasteiger partial charge is 0.184 e. The highest BCUT2D eigenvalue weighted by Gasteiger charge is 2.36. The average molecular weight is 281 g/mol. The van der Waals surface area contributed by atoms with Crippen molar-refractivity contribution < 1.29 is 9.47 Å². The fourth-order valence-corrected chi connectivity index (χ4v) is 4.41. The van der Waals surface area contributed by atoms with Crippen LogP contribution in [0.5, 0.6) is 0 Å². The molecule has 0 aliphatic carbocycles. The number of hydrogen-bond donors (Lipinski definition) is 0. The van der Waals surface area contributed by atoms with Gasteiger partial charge in [-0.25, -0.2) is 0 Å². The quantitative estimate of drug-likeness (QED) is 0.571. The van der Waals surface area contributed by atoms with E-state index in [4.69, 9.17) is 9.47 Å². The minimum Gasteiger partial charge on any atom is -0.476 e. The highest BCUT2D eigenvalue weighted by Crippen LogP contribution is 2.35. The number of nitrogens with zero attached hydrogens (tertiary/aromatic N) is 1. The second-order valence-corrected chi connectivity index (χ2v) is 11.5. The molecule has 0 aromatic carbocycles. The second kappa shape index (κ2) is 6.14. The van der Waals surface area contributed by atoms with E-state index in [1.54, 1.807) is 5.20 Å². The van der Waals surface area contributed by atoms with Gasteiger partial charge in [0, 0.05) is 19.5 Å². The van der Waals surface area contributed by atoms with Crippen molar-refractivity contribution in [3.8, 4) is 0 Å². The maximum absolute atomic E-state index is 6.28. The molecule has 19 heavy (non-hydrogen) atoms. The zero-order valence-electron chi connectivity index (χ0n) is 12.6. The molecule has 0 bridgehead atoms. The summed E-state index contributed by atoms with van der Waals surface area (Å²) in [6.07, 6.45) is 5.60. The lowest BCUT2D eigenvalue weighted by molar-refractivity contribution is 0.00380. The lowest BCUT2D eigenvalue weighted by Crippen LogP contribution is -2.38. The monoisotopic (exact) mass is 281 g/mol. The van der Waals surface area contributed by atoms with Gasteiger partial charge in [-0.1, -0.05) is 25.7 Å². The minimum atomic E-state index is -1.31. The van der Waals surface area contributed by atoms with Crippen molar-refractivity contribution in [1.29, 1.82) is 0 Å². The van der Waals surface area contributed by atoms with Crippen LogP contribution in [0.2, 0.25) is 19.6 Å². The van der Waals surface area contributed by atoms with Crippen LogP contribution in [0, 0.1) is 0 Å². The van der Waals surface area contributed by atoms with Gasteiger partial charge in [0.15, 0.2) is 5.88 Å². The van der Waals surface area contributed by atoms with Crippen LogP contribution in [0.4, 0.5) is 0 Å². The van der Waals surface area contributed by atoms with Crippen LogP contribution in [-0.4, -0.2) is 45.4 Å². The number of hydrogen-bond acceptors (Lipinski definition) is 3. The molecular weight excluding hydrogens is 254 g/mol. The molecule has 2 aliphatic heterocycles. The first kappa shape index (κ1) is 14.7. The van der Waals surface area contributed by atoms with E-state index in [9.17, 15) is 0 Å². The zero-order chi connectivity index (χ0) is 13.9. The van der Waals surface area contributed by atoms with Crippen LogP contribution in [-0.2, 0) is 9.47 Å². The molecule has 0 aromatic heterocycles. The maximum atomic E-state index is 6.28. The molecule has 0 N–H and O–H groups in total. The Balaban J connectivity index is 2.11. The van der Waals surface area contributed by atoms with Gasteiger partial charge in [-0.15, -0.1) is 6.58 Å². The molecule has 108 valence electrons. The molecule has 1 saturated heterocycles. The fourth-order valence-electron chi connectivity index (χ4n) is 2.71. The highest BCUT2D eigenvalue weighted by atomic mass is 28.3. The largest absolute Gasteiger partial charge is 0.476 e. The molecule has 0 saturated carbocycles. The summed E-state index contributed by atoms with van der Waals surface area (Å²) in [4.78, 5) is 2.39. The van der Waals surface area contributed by atoms with Crippen molar-refractivity contribution in [3.63, 3.8) is 0 Å². The van der Waals surface area contributed by atoms with Crippen molar-refractivity contribution in [1.82, 2.24) is 4.90 Å². The molecule has 2 rings (SSSR count). The zero-order valence-corrected chi connectivity index (χ0v) is 13.6. The van der Waals surface area contributed by atoms with E-state index in [-0.39, 0.29) is 0 Å². The molecule has 0 amide bonds. The Labute approximate surface area is 118 Å². The normalized spacial score (nSPS) is 24.6.